The van der Waals surface area contributed by atoms with Crippen molar-refractivity contribution in [2.24, 2.45) is 0 Å². The van der Waals surface area contributed by atoms with Gasteiger partial charge < -0.3 is 5.11 Å². The molecule has 1 aliphatic heterocycles. The van der Waals surface area contributed by atoms with E-state index < -0.39 is 5.97 Å². The zero-order valence-electron chi connectivity index (χ0n) is 9.38. The second-order valence-electron chi connectivity index (χ2n) is 3.42. The summed E-state index contributed by atoms with van der Waals surface area (Å²) in [6.45, 7) is 5.35. The number of carbonyl (C=O) groups excluding carboxylic acids is 1. The van der Waals surface area contributed by atoms with Crippen molar-refractivity contribution in [3.05, 3.63) is 12.2 Å². The summed E-state index contributed by atoms with van der Waals surface area (Å²) in [6.07, 6.45) is 0. The Bertz CT molecular complexity index is 319. The average molecular weight is 310 g/mol. The van der Waals surface area contributed by atoms with Gasteiger partial charge in [-0.25, -0.2) is 0 Å². The fourth-order valence-electron chi connectivity index (χ4n) is 1.05. The van der Waals surface area contributed by atoms with E-state index in [1.54, 1.807) is 30.4 Å². The van der Waals surface area contributed by atoms with Crippen LogP contribution in [0.5, 0.6) is 0 Å². The van der Waals surface area contributed by atoms with Gasteiger partial charge in [0.05, 0.1) is 14.9 Å². The molecular formula is C10H14O3S4. The Morgan fingerprint density at radius 2 is 2.24 bits per heavy atom. The highest BCUT2D eigenvalue weighted by Crippen LogP contribution is 2.44. The molecule has 1 heterocycles. The highest BCUT2D eigenvalue weighted by molar-refractivity contribution is 8.32. The molecule has 0 aromatic carbocycles. The standard InChI is InChI=1S/C10H14O3S4/c1-6(2)10(13)17-9-5-15-8(16-9)4-14-3-7(11)12/h8-9H,1,3-5H2,2H3,(H,11,12). The van der Waals surface area contributed by atoms with Crippen LogP contribution in [0.15, 0.2) is 12.2 Å². The second-order valence-corrected chi connectivity index (χ2v) is 8.87. The first-order chi connectivity index (χ1) is 7.99. The zero-order valence-corrected chi connectivity index (χ0v) is 12.6. The molecule has 1 N–H and O–H groups in total. The molecule has 2 atom stereocenters. The third kappa shape index (κ3) is 6.13. The molecule has 0 bridgehead atoms. The second kappa shape index (κ2) is 7.66. The van der Waals surface area contributed by atoms with Gasteiger partial charge in [0.2, 0.25) is 5.12 Å². The molecule has 1 rings (SSSR count). The minimum atomic E-state index is -0.772. The summed E-state index contributed by atoms with van der Waals surface area (Å²) in [5, 5.41) is 8.58. The summed E-state index contributed by atoms with van der Waals surface area (Å²) in [4.78, 5) is 21.8. The SMILES string of the molecule is C=C(C)C(=O)SC1CSC(CSCC(=O)O)S1. The Kier molecular flexibility index (Phi) is 6.91. The number of thioether (sulfide) groups is 4. The molecule has 0 saturated carbocycles. The third-order valence-corrected chi connectivity index (χ3v) is 8.01. The molecule has 96 valence electrons. The molecule has 1 saturated heterocycles. The minimum absolute atomic E-state index is 0.0574. The highest BCUT2D eigenvalue weighted by Gasteiger charge is 2.28. The smallest absolute Gasteiger partial charge is 0.313 e. The van der Waals surface area contributed by atoms with Crippen LogP contribution >= 0.6 is 47.0 Å². The van der Waals surface area contributed by atoms with Gasteiger partial charge in [-0.2, -0.15) is 0 Å². The molecule has 0 aromatic rings. The highest BCUT2D eigenvalue weighted by atomic mass is 32.2. The largest absolute Gasteiger partial charge is 0.481 e. The molecule has 17 heavy (non-hydrogen) atoms. The van der Waals surface area contributed by atoms with Gasteiger partial charge in [-0.05, 0) is 12.5 Å². The minimum Gasteiger partial charge on any atom is -0.481 e. The van der Waals surface area contributed by atoms with E-state index in [2.05, 4.69) is 6.58 Å². The Balaban J connectivity index is 2.21. The van der Waals surface area contributed by atoms with Crippen molar-refractivity contribution in [3.63, 3.8) is 0 Å². The quantitative estimate of drug-likeness (QED) is 0.757. The van der Waals surface area contributed by atoms with Gasteiger partial charge in [-0.3, -0.25) is 9.59 Å². The fraction of sp³-hybridized carbons (Fsp3) is 0.600. The van der Waals surface area contributed by atoms with E-state index in [4.69, 9.17) is 5.11 Å². The van der Waals surface area contributed by atoms with Gasteiger partial charge in [0.25, 0.3) is 0 Å². The molecule has 0 spiro atoms. The van der Waals surface area contributed by atoms with Crippen LogP contribution in [-0.2, 0) is 9.59 Å². The van der Waals surface area contributed by atoms with Crippen LogP contribution in [0, 0.1) is 0 Å². The summed E-state index contributed by atoms with van der Waals surface area (Å²) in [6, 6.07) is 0. The molecule has 1 aliphatic rings. The van der Waals surface area contributed by atoms with Gasteiger partial charge in [-0.15, -0.1) is 35.3 Å². The van der Waals surface area contributed by atoms with Gasteiger partial charge in [-0.1, -0.05) is 18.3 Å². The molecule has 1 fully saturated rings. The molecule has 0 radical (unpaired) electrons. The van der Waals surface area contributed by atoms with Crippen molar-refractivity contribution in [2.75, 3.05) is 17.3 Å². The normalized spacial score (nSPS) is 23.6. The number of carboxylic acid groups (broad SMARTS) is 1. The van der Waals surface area contributed by atoms with E-state index in [0.717, 1.165) is 11.5 Å². The Labute approximate surface area is 118 Å². The predicted octanol–water partition coefficient (Wildman–Crippen LogP) is 2.77. The predicted molar refractivity (Wildman–Crippen MR) is 80.0 cm³/mol. The molecular weight excluding hydrogens is 296 g/mol. The molecule has 7 heteroatoms. The van der Waals surface area contributed by atoms with Crippen molar-refractivity contribution < 1.29 is 14.7 Å². The lowest BCUT2D eigenvalue weighted by Gasteiger charge is -2.08. The Morgan fingerprint density at radius 1 is 1.53 bits per heavy atom. The number of rotatable bonds is 6. The summed E-state index contributed by atoms with van der Waals surface area (Å²) in [7, 11) is 0. The maximum absolute atomic E-state index is 11.5. The first-order valence-electron chi connectivity index (χ1n) is 4.92. The fourth-order valence-corrected chi connectivity index (χ4v) is 7.07. The maximum atomic E-state index is 11.5. The summed E-state index contributed by atoms with van der Waals surface area (Å²) >= 11 is 6.33. The van der Waals surface area contributed by atoms with Crippen LogP contribution in [0.25, 0.3) is 0 Å². The lowest BCUT2D eigenvalue weighted by atomic mass is 10.4. The van der Waals surface area contributed by atoms with E-state index in [1.807, 2.05) is 0 Å². The maximum Gasteiger partial charge on any atom is 0.313 e. The van der Waals surface area contributed by atoms with Gasteiger partial charge in [0.1, 0.15) is 0 Å². The van der Waals surface area contributed by atoms with Crippen molar-refractivity contribution in [2.45, 2.75) is 16.1 Å². The Hall–Kier alpha value is 0.280. The van der Waals surface area contributed by atoms with Crippen LogP contribution in [0.1, 0.15) is 6.92 Å². The van der Waals surface area contributed by atoms with Gasteiger partial charge in [0, 0.05) is 11.5 Å². The van der Waals surface area contributed by atoms with Crippen LogP contribution in [0.4, 0.5) is 0 Å². The number of hydrogen-bond donors (Lipinski definition) is 1. The molecule has 0 aliphatic carbocycles. The van der Waals surface area contributed by atoms with Gasteiger partial charge >= 0.3 is 5.97 Å². The van der Waals surface area contributed by atoms with E-state index in [9.17, 15) is 9.59 Å². The lowest BCUT2D eigenvalue weighted by Crippen LogP contribution is -2.04. The van der Waals surface area contributed by atoms with E-state index >= 15 is 0 Å². The lowest BCUT2D eigenvalue weighted by molar-refractivity contribution is -0.133. The number of carboxylic acids is 1. The molecule has 2 unspecified atom stereocenters. The number of carbonyl (C=O) groups is 2. The third-order valence-electron chi connectivity index (χ3n) is 1.79. The van der Waals surface area contributed by atoms with Crippen LogP contribution < -0.4 is 0 Å². The molecule has 0 amide bonds. The first kappa shape index (κ1) is 15.3. The zero-order chi connectivity index (χ0) is 12.8. The Morgan fingerprint density at radius 3 is 2.82 bits per heavy atom. The first-order valence-corrected chi connectivity index (χ1v) is 8.94. The topological polar surface area (TPSA) is 54.4 Å². The van der Waals surface area contributed by atoms with Crippen LogP contribution in [0.2, 0.25) is 0 Å². The monoisotopic (exact) mass is 310 g/mol. The number of hydrogen-bond acceptors (Lipinski definition) is 6. The van der Waals surface area contributed by atoms with E-state index in [1.165, 1.54) is 23.5 Å². The van der Waals surface area contributed by atoms with Crippen molar-refractivity contribution in [1.82, 2.24) is 0 Å². The van der Waals surface area contributed by atoms with Crippen LogP contribution in [0.3, 0.4) is 0 Å². The van der Waals surface area contributed by atoms with Crippen molar-refractivity contribution in [3.8, 4) is 0 Å². The summed E-state index contributed by atoms with van der Waals surface area (Å²) in [5.41, 5.74) is 0.587. The van der Waals surface area contributed by atoms with Crippen molar-refractivity contribution >= 4 is 58.1 Å². The number of aliphatic carboxylic acids is 1. The summed E-state index contributed by atoms with van der Waals surface area (Å²) < 4.78 is 0.675. The van der Waals surface area contributed by atoms with Gasteiger partial charge in [0.15, 0.2) is 0 Å². The van der Waals surface area contributed by atoms with E-state index in [0.29, 0.717) is 10.2 Å². The molecule has 3 nitrogen and oxygen atoms in total. The van der Waals surface area contributed by atoms with Crippen molar-refractivity contribution in [1.29, 1.82) is 0 Å². The van der Waals surface area contributed by atoms with E-state index in [-0.39, 0.29) is 15.5 Å². The molecule has 0 aromatic heterocycles. The average Bonchev–Trinajstić information content (AvgIpc) is 2.65. The summed E-state index contributed by atoms with van der Waals surface area (Å²) in [5.74, 6) is 1.14. The van der Waals surface area contributed by atoms with Crippen LogP contribution in [-0.4, -0.2) is 42.6 Å².